The molecule has 0 atom stereocenters. The second-order valence-corrected chi connectivity index (χ2v) is 6.25. The minimum absolute atomic E-state index is 0.154. The van der Waals surface area contributed by atoms with Crippen LogP contribution in [0.5, 0.6) is 6.01 Å². The molecule has 0 aliphatic carbocycles. The molecule has 0 bridgehead atoms. The first-order valence-electron chi connectivity index (χ1n) is 6.15. The second-order valence-electron chi connectivity index (χ2n) is 4.37. The number of rotatable bonds is 5. The van der Waals surface area contributed by atoms with E-state index in [4.69, 9.17) is 4.74 Å². The van der Waals surface area contributed by atoms with Crippen LogP contribution < -0.4 is 10.1 Å². The monoisotopic (exact) mass is 370 g/mol. The van der Waals surface area contributed by atoms with Gasteiger partial charge >= 0.3 is 6.01 Å². The number of nitrogens with one attached hydrogen (secondary N) is 2. The van der Waals surface area contributed by atoms with Gasteiger partial charge in [-0.1, -0.05) is 15.9 Å². The van der Waals surface area contributed by atoms with Crippen molar-refractivity contribution in [3.8, 4) is 6.01 Å². The molecule has 2 aromatic rings. The van der Waals surface area contributed by atoms with E-state index in [2.05, 4.69) is 48.6 Å². The van der Waals surface area contributed by atoms with Crippen LogP contribution >= 0.6 is 27.7 Å². The van der Waals surface area contributed by atoms with Crippen molar-refractivity contribution in [2.24, 2.45) is 0 Å². The molecular weight excluding hydrogens is 356 g/mol. The Morgan fingerprint density at radius 1 is 1.43 bits per heavy atom. The van der Waals surface area contributed by atoms with Crippen LogP contribution in [0.15, 0.2) is 21.5 Å². The SMILES string of the molecule is COc1n[nH]c(NC(=O)CSc2cc(C)c(Br)cc2C)n1. The van der Waals surface area contributed by atoms with E-state index in [1.165, 1.54) is 18.9 Å². The van der Waals surface area contributed by atoms with Gasteiger partial charge in [0, 0.05) is 9.37 Å². The van der Waals surface area contributed by atoms with Gasteiger partial charge in [0.2, 0.25) is 11.9 Å². The van der Waals surface area contributed by atoms with Crippen molar-refractivity contribution < 1.29 is 9.53 Å². The number of aromatic amines is 1. The number of aryl methyl sites for hydroxylation is 2. The van der Waals surface area contributed by atoms with Crippen LogP contribution in [0.3, 0.4) is 0 Å². The van der Waals surface area contributed by atoms with Crippen LogP contribution in [-0.4, -0.2) is 34.0 Å². The van der Waals surface area contributed by atoms with E-state index in [1.807, 2.05) is 13.8 Å². The van der Waals surface area contributed by atoms with Gasteiger partial charge in [0.1, 0.15) is 0 Å². The Morgan fingerprint density at radius 2 is 2.19 bits per heavy atom. The molecule has 0 saturated heterocycles. The lowest BCUT2D eigenvalue weighted by atomic mass is 10.2. The molecule has 2 rings (SSSR count). The molecule has 8 heteroatoms. The number of hydrogen-bond donors (Lipinski definition) is 2. The van der Waals surface area contributed by atoms with E-state index in [9.17, 15) is 4.79 Å². The van der Waals surface area contributed by atoms with Gasteiger partial charge in [-0.2, -0.15) is 4.98 Å². The summed E-state index contributed by atoms with van der Waals surface area (Å²) in [5, 5.41) is 8.97. The van der Waals surface area contributed by atoms with E-state index in [1.54, 1.807) is 0 Å². The zero-order valence-corrected chi connectivity index (χ0v) is 14.3. The summed E-state index contributed by atoms with van der Waals surface area (Å²) in [6.07, 6.45) is 0. The average molecular weight is 371 g/mol. The summed E-state index contributed by atoms with van der Waals surface area (Å²) in [7, 11) is 1.46. The van der Waals surface area contributed by atoms with E-state index in [0.29, 0.717) is 5.75 Å². The number of carbonyl (C=O) groups excluding carboxylic acids is 1. The Balaban J connectivity index is 1.93. The normalized spacial score (nSPS) is 10.5. The summed E-state index contributed by atoms with van der Waals surface area (Å²) < 4.78 is 5.90. The molecule has 21 heavy (non-hydrogen) atoms. The number of H-pyrrole nitrogens is 1. The third-order valence-corrected chi connectivity index (χ3v) is 4.73. The molecule has 0 fully saturated rings. The van der Waals surface area contributed by atoms with E-state index in [-0.39, 0.29) is 17.9 Å². The van der Waals surface area contributed by atoms with Crippen molar-refractivity contribution in [2.75, 3.05) is 18.2 Å². The predicted octanol–water partition coefficient (Wildman–Crippen LogP) is 2.92. The van der Waals surface area contributed by atoms with Crippen LogP contribution in [0.25, 0.3) is 0 Å². The molecule has 112 valence electrons. The molecule has 2 N–H and O–H groups in total. The summed E-state index contributed by atoms with van der Waals surface area (Å²) in [6, 6.07) is 4.31. The molecule has 0 saturated carbocycles. The number of carbonyl (C=O) groups is 1. The van der Waals surface area contributed by atoms with Crippen molar-refractivity contribution in [2.45, 2.75) is 18.7 Å². The summed E-state index contributed by atoms with van der Waals surface area (Å²) >= 11 is 4.98. The highest BCUT2D eigenvalue weighted by atomic mass is 79.9. The molecule has 0 spiro atoms. The highest BCUT2D eigenvalue weighted by Crippen LogP contribution is 2.28. The minimum atomic E-state index is -0.154. The van der Waals surface area contributed by atoms with Crippen LogP contribution in [-0.2, 0) is 4.79 Å². The van der Waals surface area contributed by atoms with Crippen molar-refractivity contribution in [1.82, 2.24) is 15.2 Å². The maximum atomic E-state index is 11.9. The van der Waals surface area contributed by atoms with Crippen LogP contribution in [0.4, 0.5) is 5.95 Å². The molecule has 1 heterocycles. The maximum Gasteiger partial charge on any atom is 0.336 e. The number of amides is 1. The van der Waals surface area contributed by atoms with Crippen molar-refractivity contribution in [1.29, 1.82) is 0 Å². The Kier molecular flexibility index (Phi) is 5.24. The molecule has 0 aliphatic heterocycles. The zero-order valence-electron chi connectivity index (χ0n) is 11.9. The highest BCUT2D eigenvalue weighted by Gasteiger charge is 2.10. The van der Waals surface area contributed by atoms with Crippen molar-refractivity contribution in [3.05, 3.63) is 27.7 Å². The number of thioether (sulfide) groups is 1. The van der Waals surface area contributed by atoms with Crippen LogP contribution in [0.1, 0.15) is 11.1 Å². The van der Waals surface area contributed by atoms with Crippen molar-refractivity contribution in [3.63, 3.8) is 0 Å². The highest BCUT2D eigenvalue weighted by molar-refractivity contribution is 9.10. The maximum absolute atomic E-state index is 11.9. The first-order valence-corrected chi connectivity index (χ1v) is 7.93. The molecule has 0 unspecified atom stereocenters. The molecule has 0 radical (unpaired) electrons. The van der Waals surface area contributed by atoms with Gasteiger partial charge in [0.05, 0.1) is 12.9 Å². The first kappa shape index (κ1) is 15.8. The quantitative estimate of drug-likeness (QED) is 0.790. The molecule has 6 nitrogen and oxygen atoms in total. The summed E-state index contributed by atoms with van der Waals surface area (Å²) in [5.41, 5.74) is 2.27. The minimum Gasteiger partial charge on any atom is -0.466 e. The lowest BCUT2D eigenvalue weighted by molar-refractivity contribution is -0.113. The van der Waals surface area contributed by atoms with E-state index in [0.717, 1.165) is 20.5 Å². The van der Waals surface area contributed by atoms with Crippen LogP contribution in [0, 0.1) is 13.8 Å². The molecule has 0 aliphatic rings. The zero-order chi connectivity index (χ0) is 15.4. The third-order valence-electron chi connectivity index (χ3n) is 2.72. The Hall–Kier alpha value is -1.54. The average Bonchev–Trinajstić information content (AvgIpc) is 2.89. The van der Waals surface area contributed by atoms with Gasteiger partial charge in [-0.3, -0.25) is 10.1 Å². The van der Waals surface area contributed by atoms with Gasteiger partial charge in [0.25, 0.3) is 0 Å². The molecule has 1 aromatic heterocycles. The van der Waals surface area contributed by atoms with E-state index < -0.39 is 0 Å². The number of anilines is 1. The predicted molar refractivity (Wildman–Crippen MR) is 85.9 cm³/mol. The lowest BCUT2D eigenvalue weighted by Crippen LogP contribution is -2.15. The van der Waals surface area contributed by atoms with E-state index >= 15 is 0 Å². The number of benzene rings is 1. The van der Waals surface area contributed by atoms with Gasteiger partial charge in [0.15, 0.2) is 0 Å². The van der Waals surface area contributed by atoms with Gasteiger partial charge < -0.3 is 4.74 Å². The fourth-order valence-electron chi connectivity index (χ4n) is 1.62. The number of aromatic nitrogens is 3. The third kappa shape index (κ3) is 4.21. The smallest absolute Gasteiger partial charge is 0.336 e. The Morgan fingerprint density at radius 3 is 2.86 bits per heavy atom. The summed E-state index contributed by atoms with van der Waals surface area (Å²) in [5.74, 6) is 0.421. The molecular formula is C13H15BrN4O2S. The van der Waals surface area contributed by atoms with Crippen molar-refractivity contribution >= 4 is 39.5 Å². The largest absolute Gasteiger partial charge is 0.466 e. The topological polar surface area (TPSA) is 79.9 Å². The number of nitrogens with zero attached hydrogens (tertiary/aromatic N) is 2. The Labute approximate surface area is 135 Å². The standard InChI is InChI=1S/C13H15BrN4O2S/c1-7-5-10(8(2)4-9(7)14)21-6-11(19)15-12-16-13(20-3)18-17-12/h4-5H,6H2,1-3H3,(H2,15,16,17,18,19). The molecule has 1 amide bonds. The number of methoxy groups -OCH3 is 1. The van der Waals surface area contributed by atoms with Gasteiger partial charge in [-0.15, -0.1) is 16.9 Å². The summed E-state index contributed by atoms with van der Waals surface area (Å²) in [4.78, 5) is 16.9. The van der Waals surface area contributed by atoms with Gasteiger partial charge in [-0.05, 0) is 37.1 Å². The second kappa shape index (κ2) is 6.95. The number of halogens is 1. The van der Waals surface area contributed by atoms with Crippen LogP contribution in [0.2, 0.25) is 0 Å². The van der Waals surface area contributed by atoms with Gasteiger partial charge in [-0.25, -0.2) is 5.10 Å². The number of ether oxygens (including phenoxy) is 1. The fraction of sp³-hybridized carbons (Fsp3) is 0.308. The number of hydrogen-bond acceptors (Lipinski definition) is 5. The molecule has 1 aromatic carbocycles. The summed E-state index contributed by atoms with van der Waals surface area (Å²) in [6.45, 7) is 4.04. The Bertz CT molecular complexity index is 660. The lowest BCUT2D eigenvalue weighted by Gasteiger charge is -2.08. The fourth-order valence-corrected chi connectivity index (χ4v) is 2.98. The first-order chi connectivity index (χ1) is 9.99.